The van der Waals surface area contributed by atoms with Crippen LogP contribution in [0.25, 0.3) is 11.0 Å². The molecule has 0 atom stereocenters. The lowest BCUT2D eigenvalue weighted by Gasteiger charge is -2.14. The maximum absolute atomic E-state index is 12.5. The average Bonchev–Trinajstić information content (AvgIpc) is 3.22. The van der Waals surface area contributed by atoms with E-state index in [4.69, 9.17) is 14.6 Å². The van der Waals surface area contributed by atoms with Crippen LogP contribution in [0.15, 0.2) is 61.1 Å². The number of benzene rings is 2. The summed E-state index contributed by atoms with van der Waals surface area (Å²) in [4.78, 5) is 8.68. The normalized spacial score (nSPS) is 11.6. The number of aliphatic hydroxyl groups excluding tert-OH is 1. The minimum Gasteiger partial charge on any atom is -0.457 e. The SMILES string of the molecule is Cc1cc(Nc2ncnc3ccn(CCOCCO)c23)ccc1Oc1cccc(OC(F)(F)F)c1. The molecular weight excluding hydrogens is 465 g/mol. The van der Waals surface area contributed by atoms with Crippen molar-refractivity contribution in [3.63, 3.8) is 0 Å². The summed E-state index contributed by atoms with van der Waals surface area (Å²) in [6.45, 7) is 3.06. The van der Waals surface area contributed by atoms with Gasteiger partial charge in [0.1, 0.15) is 29.1 Å². The average molecular weight is 488 g/mol. The molecule has 2 aromatic heterocycles. The number of fused-ring (bicyclic) bond motifs is 1. The van der Waals surface area contributed by atoms with Crippen LogP contribution in [0, 0.1) is 6.92 Å². The fourth-order valence-electron chi connectivity index (χ4n) is 3.48. The highest BCUT2D eigenvalue weighted by Gasteiger charge is 2.31. The molecule has 4 rings (SSSR count). The van der Waals surface area contributed by atoms with Gasteiger partial charge < -0.3 is 29.2 Å². The van der Waals surface area contributed by atoms with Gasteiger partial charge in [-0.3, -0.25) is 0 Å². The van der Waals surface area contributed by atoms with Crippen molar-refractivity contribution in [2.75, 3.05) is 25.1 Å². The van der Waals surface area contributed by atoms with Gasteiger partial charge >= 0.3 is 6.36 Å². The van der Waals surface area contributed by atoms with E-state index in [-0.39, 0.29) is 24.7 Å². The standard InChI is InChI=1S/C24H23F3N4O4/c1-16-13-17(5-6-21(16)34-18-3-2-4-19(14-18)35-24(25,26)27)30-23-22-20(28-15-29-23)7-8-31(22)9-11-33-12-10-32/h2-8,13-15,32H,9-12H2,1H3,(H,28,29,30). The summed E-state index contributed by atoms with van der Waals surface area (Å²) in [5.74, 6) is 0.946. The Morgan fingerprint density at radius 1 is 1.03 bits per heavy atom. The predicted octanol–water partition coefficient (Wildman–Crippen LogP) is 5.18. The van der Waals surface area contributed by atoms with E-state index in [1.54, 1.807) is 18.2 Å². The van der Waals surface area contributed by atoms with Gasteiger partial charge in [0, 0.05) is 24.5 Å². The Morgan fingerprint density at radius 2 is 1.86 bits per heavy atom. The first kappa shape index (κ1) is 24.3. The van der Waals surface area contributed by atoms with Gasteiger partial charge in [0.05, 0.1) is 25.3 Å². The van der Waals surface area contributed by atoms with Gasteiger partial charge in [-0.1, -0.05) is 6.07 Å². The molecule has 0 radical (unpaired) electrons. The molecule has 11 heteroatoms. The largest absolute Gasteiger partial charge is 0.573 e. The molecule has 2 heterocycles. The highest BCUT2D eigenvalue weighted by Crippen LogP contribution is 2.32. The third-order valence-electron chi connectivity index (χ3n) is 4.97. The third kappa shape index (κ3) is 6.40. The summed E-state index contributed by atoms with van der Waals surface area (Å²) in [6, 6.07) is 12.6. The minimum absolute atomic E-state index is 0.0336. The Labute approximate surface area is 198 Å². The maximum Gasteiger partial charge on any atom is 0.573 e. The van der Waals surface area contributed by atoms with Crippen molar-refractivity contribution >= 4 is 22.5 Å². The number of anilines is 2. The topological polar surface area (TPSA) is 90.7 Å². The van der Waals surface area contributed by atoms with Crippen LogP contribution in [0.1, 0.15) is 5.56 Å². The summed E-state index contributed by atoms with van der Waals surface area (Å²) in [5, 5.41) is 12.2. The van der Waals surface area contributed by atoms with Crippen LogP contribution in [0.4, 0.5) is 24.7 Å². The lowest BCUT2D eigenvalue weighted by molar-refractivity contribution is -0.274. The molecule has 0 saturated heterocycles. The monoisotopic (exact) mass is 488 g/mol. The molecule has 0 fully saturated rings. The number of aliphatic hydroxyl groups is 1. The summed E-state index contributed by atoms with van der Waals surface area (Å²) >= 11 is 0. The van der Waals surface area contributed by atoms with Gasteiger partial charge in [0.2, 0.25) is 0 Å². The molecule has 0 saturated carbocycles. The summed E-state index contributed by atoms with van der Waals surface area (Å²) in [5.41, 5.74) is 3.07. The lowest BCUT2D eigenvalue weighted by Crippen LogP contribution is -2.17. The molecule has 0 amide bonds. The van der Waals surface area contributed by atoms with Crippen LogP contribution in [0.5, 0.6) is 17.2 Å². The number of nitrogens with one attached hydrogen (secondary N) is 1. The Kier molecular flexibility index (Phi) is 7.37. The van der Waals surface area contributed by atoms with E-state index in [0.717, 1.165) is 22.3 Å². The van der Waals surface area contributed by atoms with Crippen molar-refractivity contribution < 1.29 is 32.5 Å². The van der Waals surface area contributed by atoms with Crippen LogP contribution in [-0.4, -0.2) is 45.8 Å². The molecule has 0 aliphatic rings. The fraction of sp³-hybridized carbons (Fsp3) is 0.250. The first-order valence-electron chi connectivity index (χ1n) is 10.7. The number of rotatable bonds is 10. The summed E-state index contributed by atoms with van der Waals surface area (Å²) < 4.78 is 54.5. The Balaban J connectivity index is 1.50. The van der Waals surface area contributed by atoms with Gasteiger partial charge in [-0.2, -0.15) is 0 Å². The van der Waals surface area contributed by atoms with E-state index in [0.29, 0.717) is 24.7 Å². The van der Waals surface area contributed by atoms with Crippen molar-refractivity contribution in [3.8, 4) is 17.2 Å². The van der Waals surface area contributed by atoms with Crippen molar-refractivity contribution in [1.29, 1.82) is 0 Å². The Morgan fingerprint density at radius 3 is 2.63 bits per heavy atom. The van der Waals surface area contributed by atoms with Crippen molar-refractivity contribution in [2.24, 2.45) is 0 Å². The number of aryl methyl sites for hydroxylation is 1. The molecular formula is C24H23F3N4O4. The first-order valence-corrected chi connectivity index (χ1v) is 10.7. The van der Waals surface area contributed by atoms with E-state index >= 15 is 0 Å². The predicted molar refractivity (Wildman–Crippen MR) is 123 cm³/mol. The van der Waals surface area contributed by atoms with E-state index in [2.05, 4.69) is 20.0 Å². The van der Waals surface area contributed by atoms with Crippen molar-refractivity contribution in [1.82, 2.24) is 14.5 Å². The number of ether oxygens (including phenoxy) is 3. The molecule has 8 nitrogen and oxygen atoms in total. The molecule has 35 heavy (non-hydrogen) atoms. The molecule has 4 aromatic rings. The zero-order valence-electron chi connectivity index (χ0n) is 18.7. The minimum atomic E-state index is -4.78. The van der Waals surface area contributed by atoms with Gasteiger partial charge in [0.15, 0.2) is 5.82 Å². The third-order valence-corrected chi connectivity index (χ3v) is 4.97. The molecule has 0 bridgehead atoms. The quantitative estimate of drug-likeness (QED) is 0.297. The van der Waals surface area contributed by atoms with E-state index in [9.17, 15) is 13.2 Å². The molecule has 2 N–H and O–H groups in total. The smallest absolute Gasteiger partial charge is 0.457 e. The second-order valence-electron chi connectivity index (χ2n) is 7.53. The molecule has 0 spiro atoms. The molecule has 0 aliphatic heterocycles. The zero-order valence-corrected chi connectivity index (χ0v) is 18.7. The van der Waals surface area contributed by atoms with Gasteiger partial charge in [0.25, 0.3) is 0 Å². The fourth-order valence-corrected chi connectivity index (χ4v) is 3.48. The number of hydrogen-bond donors (Lipinski definition) is 2. The van der Waals surface area contributed by atoms with E-state index < -0.39 is 6.36 Å². The second-order valence-corrected chi connectivity index (χ2v) is 7.53. The second kappa shape index (κ2) is 10.6. The summed E-state index contributed by atoms with van der Waals surface area (Å²) in [7, 11) is 0. The van der Waals surface area contributed by atoms with Crippen LogP contribution < -0.4 is 14.8 Å². The van der Waals surface area contributed by atoms with Crippen LogP contribution in [0.3, 0.4) is 0 Å². The van der Waals surface area contributed by atoms with E-state index in [1.807, 2.05) is 29.8 Å². The zero-order chi connectivity index (χ0) is 24.8. The Bertz CT molecular complexity index is 1290. The van der Waals surface area contributed by atoms with Gasteiger partial charge in [-0.05, 0) is 48.9 Å². The van der Waals surface area contributed by atoms with Crippen LogP contribution in [0.2, 0.25) is 0 Å². The molecule has 2 aromatic carbocycles. The number of aromatic nitrogens is 3. The number of hydrogen-bond acceptors (Lipinski definition) is 7. The molecule has 0 unspecified atom stereocenters. The maximum atomic E-state index is 12.5. The van der Waals surface area contributed by atoms with E-state index in [1.165, 1.54) is 24.5 Å². The van der Waals surface area contributed by atoms with Gasteiger partial charge in [-0.15, -0.1) is 13.2 Å². The number of alkyl halides is 3. The molecule has 184 valence electrons. The lowest BCUT2D eigenvalue weighted by atomic mass is 10.2. The van der Waals surface area contributed by atoms with Crippen LogP contribution >= 0.6 is 0 Å². The Hall–Kier alpha value is -3.83. The highest BCUT2D eigenvalue weighted by molar-refractivity contribution is 5.88. The summed E-state index contributed by atoms with van der Waals surface area (Å²) in [6.07, 6.45) is -1.41. The van der Waals surface area contributed by atoms with Crippen molar-refractivity contribution in [3.05, 3.63) is 66.6 Å². The van der Waals surface area contributed by atoms with Crippen molar-refractivity contribution in [2.45, 2.75) is 19.8 Å². The number of nitrogens with zero attached hydrogens (tertiary/aromatic N) is 3. The highest BCUT2D eigenvalue weighted by atomic mass is 19.4. The number of halogens is 3. The van der Waals surface area contributed by atoms with Crippen LogP contribution in [-0.2, 0) is 11.3 Å². The first-order chi connectivity index (χ1) is 16.8. The molecule has 0 aliphatic carbocycles. The van der Waals surface area contributed by atoms with Gasteiger partial charge in [-0.25, -0.2) is 9.97 Å².